The first kappa shape index (κ1) is 15.1. The molecule has 0 aromatic heterocycles. The first-order chi connectivity index (χ1) is 8.64. The van der Waals surface area contributed by atoms with Crippen molar-refractivity contribution in [1.82, 2.24) is 0 Å². The van der Waals surface area contributed by atoms with Gasteiger partial charge < -0.3 is 16.2 Å². The number of carboxylic acid groups (broad SMARTS) is 1. The molecule has 1 amide bonds. The van der Waals surface area contributed by atoms with Gasteiger partial charge in [-0.05, 0) is 17.5 Å². The van der Waals surface area contributed by atoms with Crippen LogP contribution in [0, 0.1) is 11.2 Å². The minimum absolute atomic E-state index is 0.311. The van der Waals surface area contributed by atoms with E-state index >= 15 is 0 Å². The van der Waals surface area contributed by atoms with Gasteiger partial charge in [-0.1, -0.05) is 26.8 Å². The van der Waals surface area contributed by atoms with Crippen molar-refractivity contribution in [3.05, 3.63) is 29.6 Å². The number of hydrogen-bond donors (Lipinski definition) is 3. The van der Waals surface area contributed by atoms with Gasteiger partial charge in [0, 0.05) is 0 Å². The number of nitrogens with two attached hydrogens (primary N) is 1. The number of rotatable bonds is 3. The van der Waals surface area contributed by atoms with E-state index in [0.717, 1.165) is 6.07 Å². The molecule has 0 spiro atoms. The lowest BCUT2D eigenvalue weighted by Crippen LogP contribution is -2.45. The van der Waals surface area contributed by atoms with E-state index in [1.807, 2.05) is 0 Å². The Kier molecular flexibility index (Phi) is 4.26. The van der Waals surface area contributed by atoms with Crippen molar-refractivity contribution in [2.24, 2.45) is 11.1 Å². The molecule has 0 aliphatic rings. The fraction of sp³-hybridized carbons (Fsp3) is 0.385. The number of carboxylic acids is 1. The lowest BCUT2D eigenvalue weighted by molar-refractivity contribution is -0.119. The van der Waals surface area contributed by atoms with E-state index < -0.39 is 29.2 Å². The van der Waals surface area contributed by atoms with Gasteiger partial charge in [0.1, 0.15) is 5.82 Å². The number of carbonyl (C=O) groups excluding carboxylic acids is 1. The van der Waals surface area contributed by atoms with Crippen molar-refractivity contribution in [3.63, 3.8) is 0 Å². The highest BCUT2D eigenvalue weighted by atomic mass is 19.1. The van der Waals surface area contributed by atoms with Crippen LogP contribution in [0.25, 0.3) is 0 Å². The maximum Gasteiger partial charge on any atom is 0.337 e. The molecule has 0 saturated carbocycles. The molecule has 1 unspecified atom stereocenters. The fourth-order valence-electron chi connectivity index (χ4n) is 1.42. The zero-order chi connectivity index (χ0) is 14.8. The van der Waals surface area contributed by atoms with E-state index in [-0.39, 0.29) is 11.3 Å². The molecule has 0 aliphatic heterocycles. The molecule has 104 valence electrons. The summed E-state index contributed by atoms with van der Waals surface area (Å²) in [5.74, 6) is -2.76. The summed E-state index contributed by atoms with van der Waals surface area (Å²) in [6.07, 6.45) is 0. The van der Waals surface area contributed by atoms with E-state index in [9.17, 15) is 14.0 Å². The lowest BCUT2D eigenvalue weighted by Gasteiger charge is -2.26. The molecule has 6 heteroatoms. The van der Waals surface area contributed by atoms with E-state index in [1.54, 1.807) is 20.8 Å². The third-order valence-corrected chi connectivity index (χ3v) is 2.71. The van der Waals surface area contributed by atoms with Crippen LogP contribution in [-0.2, 0) is 4.79 Å². The lowest BCUT2D eigenvalue weighted by atomic mass is 9.87. The van der Waals surface area contributed by atoms with Gasteiger partial charge in [-0.2, -0.15) is 0 Å². The number of halogens is 1. The Bertz CT molecular complexity index is 509. The van der Waals surface area contributed by atoms with Gasteiger partial charge in [0.15, 0.2) is 0 Å². The molecule has 0 bridgehead atoms. The van der Waals surface area contributed by atoms with Gasteiger partial charge in [0.2, 0.25) is 5.91 Å². The number of benzene rings is 1. The van der Waals surface area contributed by atoms with Gasteiger partial charge in [0.25, 0.3) is 0 Å². The number of anilines is 1. The summed E-state index contributed by atoms with van der Waals surface area (Å²) in [7, 11) is 0. The van der Waals surface area contributed by atoms with Gasteiger partial charge in [0.05, 0.1) is 17.3 Å². The van der Waals surface area contributed by atoms with Crippen molar-refractivity contribution < 1.29 is 19.1 Å². The second-order valence-electron chi connectivity index (χ2n) is 5.30. The summed E-state index contributed by atoms with van der Waals surface area (Å²) in [5.41, 5.74) is 4.55. The maximum absolute atomic E-state index is 13.6. The zero-order valence-corrected chi connectivity index (χ0v) is 11.0. The van der Waals surface area contributed by atoms with Crippen LogP contribution in [0.5, 0.6) is 0 Å². The highest BCUT2D eigenvalue weighted by Gasteiger charge is 2.29. The van der Waals surface area contributed by atoms with Crippen LogP contribution in [-0.4, -0.2) is 23.0 Å². The van der Waals surface area contributed by atoms with E-state index in [1.165, 1.54) is 12.1 Å². The molecular formula is C13H17FN2O3. The fourth-order valence-corrected chi connectivity index (χ4v) is 1.42. The Morgan fingerprint density at radius 3 is 2.42 bits per heavy atom. The van der Waals surface area contributed by atoms with Crippen LogP contribution in [0.1, 0.15) is 31.1 Å². The van der Waals surface area contributed by atoms with E-state index in [4.69, 9.17) is 10.8 Å². The quantitative estimate of drug-likeness (QED) is 0.779. The van der Waals surface area contributed by atoms with Crippen molar-refractivity contribution in [2.75, 3.05) is 5.32 Å². The molecule has 5 nitrogen and oxygen atoms in total. The molecule has 0 fully saturated rings. The SMILES string of the molecule is CC(C)(C)C(N)C(=O)Nc1c(F)cccc1C(=O)O. The van der Waals surface area contributed by atoms with Crippen LogP contribution in [0.2, 0.25) is 0 Å². The Labute approximate surface area is 110 Å². The molecule has 1 aromatic rings. The highest BCUT2D eigenvalue weighted by Crippen LogP contribution is 2.23. The highest BCUT2D eigenvalue weighted by molar-refractivity contribution is 6.02. The Morgan fingerprint density at radius 1 is 1.37 bits per heavy atom. The summed E-state index contributed by atoms with van der Waals surface area (Å²) in [5, 5.41) is 11.2. The average molecular weight is 268 g/mol. The molecule has 1 rings (SSSR count). The number of amides is 1. The van der Waals surface area contributed by atoms with Crippen LogP contribution < -0.4 is 11.1 Å². The maximum atomic E-state index is 13.6. The number of para-hydroxylation sites is 1. The minimum Gasteiger partial charge on any atom is -0.478 e. The van der Waals surface area contributed by atoms with Crippen LogP contribution in [0.15, 0.2) is 18.2 Å². The number of aromatic carboxylic acids is 1. The van der Waals surface area contributed by atoms with Crippen molar-refractivity contribution in [1.29, 1.82) is 0 Å². The Hall–Kier alpha value is -1.95. The first-order valence-electron chi connectivity index (χ1n) is 5.73. The molecule has 1 atom stereocenters. The van der Waals surface area contributed by atoms with Crippen molar-refractivity contribution >= 4 is 17.6 Å². The monoisotopic (exact) mass is 268 g/mol. The Morgan fingerprint density at radius 2 is 1.95 bits per heavy atom. The molecule has 0 heterocycles. The average Bonchev–Trinajstić information content (AvgIpc) is 2.29. The second kappa shape index (κ2) is 5.36. The molecule has 0 radical (unpaired) electrons. The van der Waals surface area contributed by atoms with Gasteiger partial charge >= 0.3 is 5.97 Å². The van der Waals surface area contributed by atoms with Crippen LogP contribution in [0.4, 0.5) is 10.1 Å². The Balaban J connectivity index is 3.07. The molecule has 19 heavy (non-hydrogen) atoms. The van der Waals surface area contributed by atoms with Crippen LogP contribution in [0.3, 0.4) is 0 Å². The summed E-state index contributed by atoms with van der Waals surface area (Å²) in [6, 6.07) is 2.67. The predicted molar refractivity (Wildman–Crippen MR) is 69.4 cm³/mol. The van der Waals surface area contributed by atoms with E-state index in [0.29, 0.717) is 0 Å². The van der Waals surface area contributed by atoms with Gasteiger partial charge in [-0.15, -0.1) is 0 Å². The second-order valence-corrected chi connectivity index (χ2v) is 5.30. The van der Waals surface area contributed by atoms with Crippen LogP contribution >= 0.6 is 0 Å². The topological polar surface area (TPSA) is 92.4 Å². The smallest absolute Gasteiger partial charge is 0.337 e. The van der Waals surface area contributed by atoms with Gasteiger partial charge in [-0.25, -0.2) is 9.18 Å². The van der Waals surface area contributed by atoms with Gasteiger partial charge in [-0.3, -0.25) is 4.79 Å². The summed E-state index contributed by atoms with van der Waals surface area (Å²) < 4.78 is 13.6. The molecular weight excluding hydrogens is 251 g/mol. The molecule has 4 N–H and O–H groups in total. The largest absolute Gasteiger partial charge is 0.478 e. The van der Waals surface area contributed by atoms with E-state index in [2.05, 4.69) is 5.32 Å². The number of hydrogen-bond acceptors (Lipinski definition) is 3. The molecule has 0 saturated heterocycles. The molecule has 0 aliphatic carbocycles. The normalized spacial score (nSPS) is 12.9. The third-order valence-electron chi connectivity index (χ3n) is 2.71. The summed E-state index contributed by atoms with van der Waals surface area (Å²) in [4.78, 5) is 22.9. The first-order valence-corrected chi connectivity index (χ1v) is 5.73. The third kappa shape index (κ3) is 3.51. The predicted octanol–water partition coefficient (Wildman–Crippen LogP) is 1.84. The number of carbonyl (C=O) groups is 2. The molecule has 1 aromatic carbocycles. The summed E-state index contributed by atoms with van der Waals surface area (Å²) >= 11 is 0. The zero-order valence-electron chi connectivity index (χ0n) is 11.0. The van der Waals surface area contributed by atoms with Crippen molar-refractivity contribution in [2.45, 2.75) is 26.8 Å². The standard InChI is InChI=1S/C13H17FN2O3/c1-13(2,3)10(15)11(17)16-9-7(12(18)19)5-4-6-8(9)14/h4-6,10H,15H2,1-3H3,(H,16,17)(H,18,19). The van der Waals surface area contributed by atoms with Crippen molar-refractivity contribution in [3.8, 4) is 0 Å². The summed E-state index contributed by atoms with van der Waals surface area (Å²) in [6.45, 7) is 5.28. The number of nitrogens with one attached hydrogen (secondary N) is 1. The minimum atomic E-state index is -1.32.